The van der Waals surface area contributed by atoms with Gasteiger partial charge in [0.25, 0.3) is 0 Å². The van der Waals surface area contributed by atoms with Gasteiger partial charge in [0.2, 0.25) is 0 Å². The Bertz CT molecular complexity index is 1330. The number of carbonyl (C=O) groups is 1. The van der Waals surface area contributed by atoms with E-state index in [0.29, 0.717) is 16.3 Å². The Labute approximate surface area is 223 Å². The molecule has 6 nitrogen and oxygen atoms in total. The number of aromatic nitrogens is 1. The van der Waals surface area contributed by atoms with Gasteiger partial charge < -0.3 is 19.8 Å². The van der Waals surface area contributed by atoms with Crippen molar-refractivity contribution in [3.63, 3.8) is 0 Å². The number of halogens is 1. The van der Waals surface area contributed by atoms with Crippen molar-refractivity contribution >= 4 is 28.5 Å². The van der Waals surface area contributed by atoms with Crippen molar-refractivity contribution in [2.75, 3.05) is 26.7 Å². The van der Waals surface area contributed by atoms with Crippen LogP contribution in [-0.2, 0) is 6.42 Å². The number of hydrogen-bond donors (Lipinski definition) is 2. The lowest BCUT2D eigenvalue weighted by molar-refractivity contribution is 0.0695. The fourth-order valence-corrected chi connectivity index (χ4v) is 4.33. The lowest BCUT2D eigenvalue weighted by Crippen LogP contribution is -2.21. The zero-order valence-corrected chi connectivity index (χ0v) is 22.4. The smallest absolute Gasteiger partial charge is 0.340 e. The SMILES string of the molecule is CCN(CC)CC.COc1ccc(-c2ccccc2)c2nc(Cc3ccc(Cl)cc3)c(O)c(C(=O)O)c12. The summed E-state index contributed by atoms with van der Waals surface area (Å²) >= 11 is 5.96. The molecule has 37 heavy (non-hydrogen) atoms. The highest BCUT2D eigenvalue weighted by Crippen LogP contribution is 2.40. The van der Waals surface area contributed by atoms with Gasteiger partial charge in [-0.1, -0.05) is 74.8 Å². The number of ether oxygens (including phenoxy) is 1. The largest absolute Gasteiger partial charge is 0.505 e. The van der Waals surface area contributed by atoms with Gasteiger partial charge >= 0.3 is 5.97 Å². The molecule has 0 amide bonds. The summed E-state index contributed by atoms with van der Waals surface area (Å²) in [6.07, 6.45) is 0.255. The lowest BCUT2D eigenvalue weighted by Gasteiger charge is -2.16. The maximum absolute atomic E-state index is 12.1. The normalized spacial score (nSPS) is 10.8. The molecule has 0 radical (unpaired) electrons. The molecule has 4 rings (SSSR count). The molecule has 7 heteroatoms. The Morgan fingerprint density at radius 1 is 0.946 bits per heavy atom. The molecule has 0 spiro atoms. The molecule has 0 aliphatic heterocycles. The van der Waals surface area contributed by atoms with Crippen LogP contribution in [0, 0.1) is 0 Å². The van der Waals surface area contributed by atoms with Crippen molar-refractivity contribution in [2.45, 2.75) is 27.2 Å². The van der Waals surface area contributed by atoms with Crippen LogP contribution >= 0.6 is 11.6 Å². The van der Waals surface area contributed by atoms with Gasteiger partial charge in [0.15, 0.2) is 5.75 Å². The summed E-state index contributed by atoms with van der Waals surface area (Å²) < 4.78 is 5.41. The number of aromatic hydroxyl groups is 1. The van der Waals surface area contributed by atoms with Crippen molar-refractivity contribution in [2.24, 2.45) is 0 Å². The third-order valence-electron chi connectivity index (χ3n) is 6.29. The molecule has 1 heterocycles. The van der Waals surface area contributed by atoms with Crippen LogP contribution in [0.3, 0.4) is 0 Å². The second-order valence-corrected chi connectivity index (χ2v) is 8.85. The molecule has 0 unspecified atom stereocenters. The number of carboxylic acid groups (broad SMARTS) is 1. The van der Waals surface area contributed by atoms with Crippen LogP contribution in [-0.4, -0.2) is 52.8 Å². The molecule has 4 aromatic rings. The number of nitrogens with zero attached hydrogens (tertiary/aromatic N) is 2. The van der Waals surface area contributed by atoms with E-state index in [4.69, 9.17) is 21.3 Å². The third-order valence-corrected chi connectivity index (χ3v) is 6.54. The summed E-state index contributed by atoms with van der Waals surface area (Å²) in [5, 5.41) is 21.6. The van der Waals surface area contributed by atoms with Crippen molar-refractivity contribution in [3.8, 4) is 22.6 Å². The predicted octanol–water partition coefficient (Wildman–Crippen LogP) is 6.91. The third kappa shape index (κ3) is 6.59. The summed E-state index contributed by atoms with van der Waals surface area (Å²) in [5.74, 6) is -1.28. The number of hydrogen-bond acceptors (Lipinski definition) is 5. The van der Waals surface area contributed by atoms with Gasteiger partial charge in [-0.25, -0.2) is 9.78 Å². The Morgan fingerprint density at radius 2 is 1.57 bits per heavy atom. The van der Waals surface area contributed by atoms with E-state index in [2.05, 4.69) is 25.7 Å². The topological polar surface area (TPSA) is 82.9 Å². The maximum Gasteiger partial charge on any atom is 0.340 e. The van der Waals surface area contributed by atoms with E-state index in [-0.39, 0.29) is 28.8 Å². The van der Waals surface area contributed by atoms with Gasteiger partial charge in [0.05, 0.1) is 23.7 Å². The number of pyridine rings is 1. The van der Waals surface area contributed by atoms with E-state index in [1.54, 1.807) is 18.2 Å². The second-order valence-electron chi connectivity index (χ2n) is 8.42. The Morgan fingerprint density at radius 3 is 2.08 bits per heavy atom. The van der Waals surface area contributed by atoms with Gasteiger partial charge in [0.1, 0.15) is 11.3 Å². The van der Waals surface area contributed by atoms with Crippen molar-refractivity contribution in [3.05, 3.63) is 88.6 Å². The Hall–Kier alpha value is -3.61. The van der Waals surface area contributed by atoms with Crippen LogP contribution in [0.15, 0.2) is 66.7 Å². The maximum atomic E-state index is 12.1. The number of methoxy groups -OCH3 is 1. The summed E-state index contributed by atoms with van der Waals surface area (Å²) in [7, 11) is 1.46. The van der Waals surface area contributed by atoms with E-state index < -0.39 is 5.97 Å². The number of benzene rings is 3. The molecule has 0 atom stereocenters. The van der Waals surface area contributed by atoms with E-state index in [1.807, 2.05) is 48.5 Å². The first-order chi connectivity index (χ1) is 17.8. The van der Waals surface area contributed by atoms with Crippen LogP contribution in [0.4, 0.5) is 0 Å². The molecule has 194 valence electrons. The highest BCUT2D eigenvalue weighted by atomic mass is 35.5. The number of fused-ring (bicyclic) bond motifs is 1. The summed E-state index contributed by atoms with van der Waals surface area (Å²) in [6, 6.07) is 20.2. The quantitative estimate of drug-likeness (QED) is 0.263. The van der Waals surface area contributed by atoms with Crippen molar-refractivity contribution in [1.29, 1.82) is 0 Å². The average Bonchev–Trinajstić information content (AvgIpc) is 2.91. The zero-order chi connectivity index (χ0) is 26.9. The zero-order valence-electron chi connectivity index (χ0n) is 21.7. The first kappa shape index (κ1) is 28.0. The number of carboxylic acids is 1. The van der Waals surface area contributed by atoms with Crippen LogP contribution in [0.2, 0.25) is 5.02 Å². The molecule has 0 saturated heterocycles. The Balaban J connectivity index is 0.000000479. The molecule has 0 bridgehead atoms. The van der Waals surface area contributed by atoms with Gasteiger partial charge in [-0.3, -0.25) is 0 Å². The summed E-state index contributed by atoms with van der Waals surface area (Å²) in [4.78, 5) is 19.2. The first-order valence-corrected chi connectivity index (χ1v) is 12.7. The van der Waals surface area contributed by atoms with E-state index in [9.17, 15) is 15.0 Å². The lowest BCUT2D eigenvalue weighted by atomic mass is 9.96. The summed E-state index contributed by atoms with van der Waals surface area (Å²) in [6.45, 7) is 10.1. The molecule has 2 N–H and O–H groups in total. The van der Waals surface area contributed by atoms with Gasteiger partial charge in [0, 0.05) is 17.0 Å². The van der Waals surface area contributed by atoms with Crippen LogP contribution in [0.5, 0.6) is 11.5 Å². The molecule has 1 aromatic heterocycles. The van der Waals surface area contributed by atoms with Gasteiger partial charge in [-0.2, -0.15) is 0 Å². The van der Waals surface area contributed by atoms with Crippen LogP contribution < -0.4 is 4.74 Å². The number of aromatic carboxylic acids is 1. The van der Waals surface area contributed by atoms with Crippen molar-refractivity contribution < 1.29 is 19.7 Å². The first-order valence-electron chi connectivity index (χ1n) is 12.3. The molecular formula is C30H33ClN2O4. The van der Waals surface area contributed by atoms with Gasteiger partial charge in [-0.05, 0) is 55.0 Å². The fraction of sp³-hybridized carbons (Fsp3) is 0.267. The standard InChI is InChI=1S/C24H18ClNO4.C6H15N/c1-30-19-12-11-17(15-5-3-2-4-6-15)22-20(19)21(24(28)29)23(27)18(26-22)13-14-7-9-16(25)10-8-14;1-4-7(5-2)6-3/h2-12,27H,13H2,1H3,(H,28,29);4-6H2,1-3H3. The summed E-state index contributed by atoms with van der Waals surface area (Å²) in [5.41, 5.74) is 3.00. The van der Waals surface area contributed by atoms with Gasteiger partial charge in [-0.15, -0.1) is 0 Å². The van der Waals surface area contributed by atoms with Crippen LogP contribution in [0.25, 0.3) is 22.0 Å². The van der Waals surface area contributed by atoms with E-state index in [0.717, 1.165) is 16.7 Å². The molecule has 0 aliphatic rings. The molecule has 0 saturated carbocycles. The molecule has 0 fully saturated rings. The monoisotopic (exact) mass is 520 g/mol. The average molecular weight is 521 g/mol. The fourth-order valence-electron chi connectivity index (χ4n) is 4.20. The van der Waals surface area contributed by atoms with Crippen LogP contribution in [0.1, 0.15) is 42.4 Å². The van der Waals surface area contributed by atoms with Crippen molar-refractivity contribution in [1.82, 2.24) is 9.88 Å². The molecule has 0 aliphatic carbocycles. The highest BCUT2D eigenvalue weighted by molar-refractivity contribution is 6.30. The number of rotatable bonds is 8. The minimum absolute atomic E-state index is 0.224. The molecular weight excluding hydrogens is 488 g/mol. The highest BCUT2D eigenvalue weighted by Gasteiger charge is 2.24. The Kier molecular flexibility index (Phi) is 9.89. The minimum Gasteiger partial charge on any atom is -0.505 e. The predicted molar refractivity (Wildman–Crippen MR) is 150 cm³/mol. The van der Waals surface area contributed by atoms with E-state index >= 15 is 0 Å². The second kappa shape index (κ2) is 13.1. The minimum atomic E-state index is -1.25. The molecule has 3 aromatic carbocycles. The van der Waals surface area contributed by atoms with E-state index in [1.165, 1.54) is 26.7 Å².